The van der Waals surface area contributed by atoms with Crippen LogP contribution in [0.2, 0.25) is 0 Å². The first-order valence-electron chi connectivity index (χ1n) is 9.48. The summed E-state index contributed by atoms with van der Waals surface area (Å²) in [5.74, 6) is 0.125. The van der Waals surface area contributed by atoms with E-state index in [2.05, 4.69) is 21.1 Å². The maximum atomic E-state index is 10.3. The number of aliphatic imine (C=N–C) groups is 1. The third-order valence-electron chi connectivity index (χ3n) is 4.33. The lowest BCUT2D eigenvalue weighted by atomic mass is 10.1. The van der Waals surface area contributed by atoms with Gasteiger partial charge < -0.3 is 10.1 Å². The average Bonchev–Trinajstić information content (AvgIpc) is 2.72. The molecule has 0 amide bonds. The van der Waals surface area contributed by atoms with Crippen LogP contribution in [-0.4, -0.2) is 81.3 Å². The van der Waals surface area contributed by atoms with Gasteiger partial charge in [0.2, 0.25) is 0 Å². The van der Waals surface area contributed by atoms with Crippen molar-refractivity contribution in [2.24, 2.45) is 16.0 Å². The zero-order valence-corrected chi connectivity index (χ0v) is 16.4. The van der Waals surface area contributed by atoms with E-state index in [4.69, 9.17) is 10.1 Å². The van der Waals surface area contributed by atoms with E-state index < -0.39 is 0 Å². The Balaban J connectivity index is 1.83. The molecule has 0 aromatic heterocycles. The maximum absolute atomic E-state index is 10.3. The molecule has 0 aliphatic carbocycles. The molecule has 1 saturated heterocycles. The Hall–Kier alpha value is -2.64. The SMILES string of the molecule is CN(/C=C\C=O)/N=C/Cc1cccc(C=NCC(C=N)CN2CCOCC2)c1. The van der Waals surface area contributed by atoms with Crippen molar-refractivity contribution in [2.45, 2.75) is 6.42 Å². The van der Waals surface area contributed by atoms with Gasteiger partial charge in [-0.25, -0.2) is 0 Å². The topological polar surface area (TPSA) is 81.3 Å². The normalized spacial score (nSPS) is 16.8. The van der Waals surface area contributed by atoms with Crippen LogP contribution in [0.15, 0.2) is 46.6 Å². The fraction of sp³-hybridized carbons (Fsp3) is 0.429. The average molecular weight is 383 g/mol. The molecule has 1 aliphatic heterocycles. The van der Waals surface area contributed by atoms with Gasteiger partial charge in [0.15, 0.2) is 0 Å². The third kappa shape index (κ3) is 8.37. The molecule has 1 atom stereocenters. The molecule has 28 heavy (non-hydrogen) atoms. The van der Waals surface area contributed by atoms with E-state index in [9.17, 15) is 4.79 Å². The molecule has 1 N–H and O–H groups in total. The van der Waals surface area contributed by atoms with Crippen molar-refractivity contribution in [1.82, 2.24) is 9.91 Å². The molecule has 2 rings (SSSR count). The summed E-state index contributed by atoms with van der Waals surface area (Å²) in [7, 11) is 1.77. The molecule has 1 heterocycles. The third-order valence-corrected chi connectivity index (χ3v) is 4.33. The first-order chi connectivity index (χ1) is 13.7. The number of allylic oxidation sites excluding steroid dienone is 1. The van der Waals surface area contributed by atoms with E-state index in [-0.39, 0.29) is 5.92 Å². The zero-order chi connectivity index (χ0) is 20.0. The van der Waals surface area contributed by atoms with E-state index in [0.29, 0.717) is 13.0 Å². The quantitative estimate of drug-likeness (QED) is 0.274. The summed E-state index contributed by atoms with van der Waals surface area (Å²) in [5.41, 5.74) is 2.17. The fourth-order valence-corrected chi connectivity index (χ4v) is 2.85. The molecule has 0 saturated carbocycles. The molecular formula is C21H29N5O2. The Morgan fingerprint density at radius 3 is 2.93 bits per heavy atom. The number of hydrogen-bond donors (Lipinski definition) is 1. The van der Waals surface area contributed by atoms with Crippen molar-refractivity contribution in [2.75, 3.05) is 46.4 Å². The Morgan fingerprint density at radius 2 is 2.18 bits per heavy atom. The number of morpholine rings is 1. The molecule has 7 heteroatoms. The van der Waals surface area contributed by atoms with Crippen LogP contribution in [0.3, 0.4) is 0 Å². The minimum atomic E-state index is 0.125. The molecule has 1 aliphatic rings. The predicted molar refractivity (Wildman–Crippen MR) is 114 cm³/mol. The van der Waals surface area contributed by atoms with Crippen molar-refractivity contribution in [3.8, 4) is 0 Å². The predicted octanol–water partition coefficient (Wildman–Crippen LogP) is 1.88. The second-order valence-electron chi connectivity index (χ2n) is 6.63. The van der Waals surface area contributed by atoms with Crippen LogP contribution >= 0.6 is 0 Å². The second-order valence-corrected chi connectivity index (χ2v) is 6.63. The van der Waals surface area contributed by atoms with Gasteiger partial charge in [-0.05, 0) is 23.3 Å². The van der Waals surface area contributed by atoms with E-state index >= 15 is 0 Å². The zero-order valence-electron chi connectivity index (χ0n) is 16.4. The Kier molecular flexibility index (Phi) is 9.82. The summed E-state index contributed by atoms with van der Waals surface area (Å²) in [6.45, 7) is 4.86. The lowest BCUT2D eigenvalue weighted by molar-refractivity contribution is -0.104. The highest BCUT2D eigenvalue weighted by molar-refractivity contribution is 5.80. The number of aldehydes is 1. The minimum absolute atomic E-state index is 0.125. The molecule has 0 bridgehead atoms. The van der Waals surface area contributed by atoms with Crippen molar-refractivity contribution in [3.05, 3.63) is 47.7 Å². The smallest absolute Gasteiger partial charge is 0.144 e. The number of carbonyl (C=O) groups is 1. The number of ether oxygens (including phenoxy) is 1. The van der Waals surface area contributed by atoms with Gasteiger partial charge in [0.25, 0.3) is 0 Å². The second kappa shape index (κ2) is 12.7. The van der Waals surface area contributed by atoms with Crippen LogP contribution in [0.5, 0.6) is 0 Å². The first kappa shape index (κ1) is 21.7. The van der Waals surface area contributed by atoms with E-state index in [0.717, 1.165) is 50.3 Å². The number of hydrazone groups is 1. The van der Waals surface area contributed by atoms with Crippen molar-refractivity contribution >= 4 is 24.9 Å². The van der Waals surface area contributed by atoms with E-state index in [1.54, 1.807) is 24.5 Å². The standard InChI is InChI=1S/C21H29N5O2/c1-25(8-3-11-27)24-7-6-19-4-2-5-20(14-19)16-23-17-21(15-22)18-26-9-12-28-13-10-26/h2-5,7-8,11,14-16,21-22H,6,9-10,12-13,17-18H2,1H3/b8-3-,22-15?,23-16?,24-7+. The van der Waals surface area contributed by atoms with Gasteiger partial charge in [-0.2, -0.15) is 5.10 Å². The molecule has 1 unspecified atom stereocenters. The summed E-state index contributed by atoms with van der Waals surface area (Å²) in [6.07, 6.45) is 9.58. The monoisotopic (exact) mass is 383 g/mol. The lowest BCUT2D eigenvalue weighted by Gasteiger charge is -2.28. The molecule has 150 valence electrons. The van der Waals surface area contributed by atoms with Crippen LogP contribution < -0.4 is 0 Å². The van der Waals surface area contributed by atoms with Crippen LogP contribution in [0.4, 0.5) is 0 Å². The minimum Gasteiger partial charge on any atom is -0.379 e. The Morgan fingerprint density at radius 1 is 1.36 bits per heavy atom. The molecule has 0 spiro atoms. The number of carbonyl (C=O) groups excluding carboxylic acids is 1. The summed E-state index contributed by atoms with van der Waals surface area (Å²) < 4.78 is 5.37. The summed E-state index contributed by atoms with van der Waals surface area (Å²) in [4.78, 5) is 17.2. The Bertz CT molecular complexity index is 696. The van der Waals surface area contributed by atoms with Crippen LogP contribution in [-0.2, 0) is 16.0 Å². The van der Waals surface area contributed by atoms with Gasteiger partial charge >= 0.3 is 0 Å². The maximum Gasteiger partial charge on any atom is 0.144 e. The molecule has 0 radical (unpaired) electrons. The Labute approximate surface area is 166 Å². The molecular weight excluding hydrogens is 354 g/mol. The van der Waals surface area contributed by atoms with Gasteiger partial charge in [-0.15, -0.1) is 0 Å². The van der Waals surface area contributed by atoms with E-state index in [1.165, 1.54) is 12.3 Å². The van der Waals surface area contributed by atoms with Crippen molar-refractivity contribution in [1.29, 1.82) is 5.41 Å². The van der Waals surface area contributed by atoms with Crippen molar-refractivity contribution in [3.63, 3.8) is 0 Å². The highest BCUT2D eigenvalue weighted by atomic mass is 16.5. The fourth-order valence-electron chi connectivity index (χ4n) is 2.85. The van der Waals surface area contributed by atoms with Crippen LogP contribution in [0, 0.1) is 11.3 Å². The molecule has 1 aromatic rings. The molecule has 7 nitrogen and oxygen atoms in total. The van der Waals surface area contributed by atoms with Gasteiger partial charge in [-0.3, -0.25) is 19.7 Å². The number of rotatable bonds is 11. The van der Waals surface area contributed by atoms with Gasteiger partial charge in [-0.1, -0.05) is 18.2 Å². The summed E-state index contributed by atoms with van der Waals surface area (Å²) in [6, 6.07) is 8.15. The van der Waals surface area contributed by atoms with E-state index in [1.807, 2.05) is 24.4 Å². The largest absolute Gasteiger partial charge is 0.379 e. The highest BCUT2D eigenvalue weighted by Gasteiger charge is 2.14. The van der Waals surface area contributed by atoms with Gasteiger partial charge in [0.05, 0.1) is 13.2 Å². The van der Waals surface area contributed by atoms with Crippen molar-refractivity contribution < 1.29 is 9.53 Å². The number of hydrogen-bond acceptors (Lipinski definition) is 7. The van der Waals surface area contributed by atoms with Crippen LogP contribution in [0.25, 0.3) is 0 Å². The van der Waals surface area contributed by atoms with Crippen LogP contribution in [0.1, 0.15) is 11.1 Å². The number of nitrogens with zero attached hydrogens (tertiary/aromatic N) is 4. The number of nitrogens with one attached hydrogen (secondary N) is 1. The van der Waals surface area contributed by atoms with Gasteiger partial charge in [0, 0.05) is 70.4 Å². The summed E-state index contributed by atoms with van der Waals surface area (Å²) >= 11 is 0. The lowest BCUT2D eigenvalue weighted by Crippen LogP contribution is -2.40. The molecule has 1 aromatic carbocycles. The molecule has 1 fully saturated rings. The first-order valence-corrected chi connectivity index (χ1v) is 9.48. The summed E-state index contributed by atoms with van der Waals surface area (Å²) in [5, 5.41) is 13.5. The van der Waals surface area contributed by atoms with Gasteiger partial charge in [0.1, 0.15) is 6.29 Å². The highest BCUT2D eigenvalue weighted by Crippen LogP contribution is 2.06. The number of benzene rings is 1.